The topological polar surface area (TPSA) is 27.6 Å². The average Bonchev–Trinajstić information content (AvgIpc) is 3.15. The monoisotopic (exact) mass is 401 g/mol. The fourth-order valence-corrected chi connectivity index (χ4v) is 5.84. The Kier molecular flexibility index (Phi) is 5.54. The number of nitrogens with one attached hydrogen (secondary N) is 1. The molecule has 0 bridgehead atoms. The van der Waals surface area contributed by atoms with Crippen LogP contribution in [-0.2, 0) is 12.8 Å². The van der Waals surface area contributed by atoms with Crippen molar-refractivity contribution >= 4 is 5.96 Å². The first-order chi connectivity index (χ1) is 14.6. The Hall–Kier alpha value is -2.29. The van der Waals surface area contributed by atoms with Crippen LogP contribution >= 0.6 is 0 Å². The first-order valence-electron chi connectivity index (χ1n) is 11.9. The van der Waals surface area contributed by atoms with Crippen LogP contribution in [-0.4, -0.2) is 35.0 Å². The molecular weight excluding hydrogens is 366 g/mol. The lowest BCUT2D eigenvalue weighted by Gasteiger charge is -2.45. The van der Waals surface area contributed by atoms with Gasteiger partial charge < -0.3 is 10.2 Å². The molecule has 0 saturated carbocycles. The fourth-order valence-electron chi connectivity index (χ4n) is 5.84. The molecule has 0 aliphatic carbocycles. The van der Waals surface area contributed by atoms with Gasteiger partial charge >= 0.3 is 0 Å². The number of aryl methyl sites for hydroxylation is 4. The lowest BCUT2D eigenvalue weighted by molar-refractivity contribution is 0.203. The van der Waals surface area contributed by atoms with E-state index in [0.717, 1.165) is 19.3 Å². The molecule has 2 saturated heterocycles. The third kappa shape index (κ3) is 4.26. The van der Waals surface area contributed by atoms with Crippen LogP contribution in [0.1, 0.15) is 60.8 Å². The highest BCUT2D eigenvalue weighted by Crippen LogP contribution is 2.37. The number of guanidine groups is 1. The number of hydrogen-bond donors (Lipinski definition) is 1. The summed E-state index contributed by atoms with van der Waals surface area (Å²) in [5.41, 5.74) is 5.64. The highest BCUT2D eigenvalue weighted by molar-refractivity contribution is 5.83. The molecule has 3 aliphatic rings. The van der Waals surface area contributed by atoms with Gasteiger partial charge in [-0.1, -0.05) is 59.7 Å². The standard InChI is InChI=1S/C27H35N3/c1-19-5-3-7-21(15-19)9-11-23-17-25-13-14-26-18-24(29-27(28-23)30(25)26)12-10-22-8-4-6-20(2)16-22/h3-8,15-16,23-26H,9-14,17-18H2,1-2H3,(H,28,29)/t23-,24+,25+,26-. The summed E-state index contributed by atoms with van der Waals surface area (Å²) in [6.07, 6.45) is 9.85. The van der Waals surface area contributed by atoms with E-state index in [2.05, 4.69) is 72.6 Å². The van der Waals surface area contributed by atoms with Crippen molar-refractivity contribution in [2.75, 3.05) is 0 Å². The van der Waals surface area contributed by atoms with Gasteiger partial charge in [-0.3, -0.25) is 0 Å². The predicted molar refractivity (Wildman–Crippen MR) is 125 cm³/mol. The van der Waals surface area contributed by atoms with Gasteiger partial charge in [0.25, 0.3) is 0 Å². The van der Waals surface area contributed by atoms with Crippen molar-refractivity contribution in [2.24, 2.45) is 4.99 Å². The molecule has 0 spiro atoms. The smallest absolute Gasteiger partial charge is 0.194 e. The summed E-state index contributed by atoms with van der Waals surface area (Å²) in [6, 6.07) is 20.4. The van der Waals surface area contributed by atoms with Gasteiger partial charge in [0.05, 0.1) is 6.04 Å². The Morgan fingerprint density at radius 1 is 0.867 bits per heavy atom. The van der Waals surface area contributed by atoms with E-state index in [1.165, 1.54) is 60.3 Å². The van der Waals surface area contributed by atoms with E-state index in [0.29, 0.717) is 24.2 Å². The second kappa shape index (κ2) is 8.45. The highest BCUT2D eigenvalue weighted by Gasteiger charge is 2.43. The van der Waals surface area contributed by atoms with Crippen molar-refractivity contribution < 1.29 is 0 Å². The molecule has 0 radical (unpaired) electrons. The van der Waals surface area contributed by atoms with Gasteiger partial charge in [-0.15, -0.1) is 0 Å². The Morgan fingerprint density at radius 3 is 2.17 bits per heavy atom. The minimum atomic E-state index is 0.462. The largest absolute Gasteiger partial charge is 0.353 e. The van der Waals surface area contributed by atoms with Crippen molar-refractivity contribution in [1.29, 1.82) is 0 Å². The molecule has 158 valence electrons. The Morgan fingerprint density at radius 2 is 1.50 bits per heavy atom. The third-order valence-electron chi connectivity index (χ3n) is 7.32. The Bertz CT molecular complexity index is 918. The SMILES string of the molecule is Cc1cccc(CC[C@H]2C[C@H]3CC[C@H]4C[C@@H](CCc5cccc(C)c5)NC(=N2)N34)c1. The van der Waals surface area contributed by atoms with Crippen LogP contribution in [0.25, 0.3) is 0 Å². The number of rotatable bonds is 6. The molecule has 0 amide bonds. The van der Waals surface area contributed by atoms with Crippen LogP contribution in [0.5, 0.6) is 0 Å². The summed E-state index contributed by atoms with van der Waals surface area (Å²) in [5.74, 6) is 1.21. The molecule has 0 aromatic heterocycles. The molecule has 3 nitrogen and oxygen atoms in total. The van der Waals surface area contributed by atoms with Crippen LogP contribution in [0, 0.1) is 13.8 Å². The summed E-state index contributed by atoms with van der Waals surface area (Å²) in [4.78, 5) is 7.88. The van der Waals surface area contributed by atoms with E-state index in [9.17, 15) is 0 Å². The van der Waals surface area contributed by atoms with Gasteiger partial charge in [0.15, 0.2) is 5.96 Å². The zero-order valence-electron chi connectivity index (χ0n) is 18.5. The molecule has 2 aromatic carbocycles. The molecule has 2 fully saturated rings. The quantitative estimate of drug-likeness (QED) is 0.721. The normalized spacial score (nSPS) is 27.4. The zero-order valence-corrected chi connectivity index (χ0v) is 18.5. The van der Waals surface area contributed by atoms with Gasteiger partial charge in [0, 0.05) is 18.1 Å². The minimum absolute atomic E-state index is 0.462. The Labute approximate surface area is 181 Å². The number of nitrogens with zero attached hydrogens (tertiary/aromatic N) is 2. The van der Waals surface area contributed by atoms with Crippen LogP contribution < -0.4 is 5.32 Å². The van der Waals surface area contributed by atoms with Gasteiger partial charge in [0.1, 0.15) is 0 Å². The van der Waals surface area contributed by atoms with Gasteiger partial charge in [-0.05, 0) is 76.3 Å². The fraction of sp³-hybridized carbons (Fsp3) is 0.519. The molecule has 3 heteroatoms. The molecule has 0 unspecified atom stereocenters. The molecule has 1 N–H and O–H groups in total. The van der Waals surface area contributed by atoms with Crippen molar-refractivity contribution in [3.8, 4) is 0 Å². The van der Waals surface area contributed by atoms with Crippen molar-refractivity contribution in [3.63, 3.8) is 0 Å². The molecule has 4 atom stereocenters. The zero-order chi connectivity index (χ0) is 20.5. The van der Waals surface area contributed by atoms with Crippen LogP contribution in [0.2, 0.25) is 0 Å². The number of benzene rings is 2. The first-order valence-corrected chi connectivity index (χ1v) is 11.9. The summed E-state index contributed by atoms with van der Waals surface area (Å²) in [7, 11) is 0. The maximum absolute atomic E-state index is 5.23. The third-order valence-corrected chi connectivity index (χ3v) is 7.32. The molecule has 30 heavy (non-hydrogen) atoms. The van der Waals surface area contributed by atoms with E-state index < -0.39 is 0 Å². The van der Waals surface area contributed by atoms with Crippen LogP contribution in [0.4, 0.5) is 0 Å². The molecular formula is C27H35N3. The lowest BCUT2D eigenvalue weighted by Crippen LogP contribution is -2.60. The van der Waals surface area contributed by atoms with E-state index in [1.807, 2.05) is 0 Å². The second-order valence-electron chi connectivity index (χ2n) is 9.77. The van der Waals surface area contributed by atoms with Gasteiger partial charge in [0.2, 0.25) is 0 Å². The first kappa shape index (κ1) is 19.7. The summed E-state index contributed by atoms with van der Waals surface area (Å²) in [5, 5.41) is 3.85. The van der Waals surface area contributed by atoms with E-state index in [-0.39, 0.29) is 0 Å². The molecule has 3 aliphatic heterocycles. The summed E-state index contributed by atoms with van der Waals surface area (Å²) in [6.45, 7) is 4.37. The second-order valence-corrected chi connectivity index (χ2v) is 9.77. The van der Waals surface area contributed by atoms with Crippen molar-refractivity contribution in [1.82, 2.24) is 10.2 Å². The van der Waals surface area contributed by atoms with Crippen molar-refractivity contribution in [2.45, 2.75) is 89.4 Å². The summed E-state index contributed by atoms with van der Waals surface area (Å²) >= 11 is 0. The van der Waals surface area contributed by atoms with E-state index >= 15 is 0 Å². The van der Waals surface area contributed by atoms with Crippen LogP contribution in [0.15, 0.2) is 53.5 Å². The maximum Gasteiger partial charge on any atom is 0.194 e. The molecule has 5 rings (SSSR count). The molecule has 2 aromatic rings. The number of aliphatic imine (C=N–C) groups is 1. The minimum Gasteiger partial charge on any atom is -0.353 e. The average molecular weight is 402 g/mol. The van der Waals surface area contributed by atoms with Gasteiger partial charge in [-0.2, -0.15) is 0 Å². The van der Waals surface area contributed by atoms with Gasteiger partial charge in [-0.25, -0.2) is 4.99 Å². The van der Waals surface area contributed by atoms with Crippen molar-refractivity contribution in [3.05, 3.63) is 70.8 Å². The maximum atomic E-state index is 5.23. The van der Waals surface area contributed by atoms with E-state index in [1.54, 1.807) is 0 Å². The number of hydrogen-bond acceptors (Lipinski definition) is 3. The van der Waals surface area contributed by atoms with E-state index in [4.69, 9.17) is 4.99 Å². The highest BCUT2D eigenvalue weighted by atomic mass is 15.4. The van der Waals surface area contributed by atoms with Crippen LogP contribution in [0.3, 0.4) is 0 Å². The Balaban J connectivity index is 1.24. The predicted octanol–water partition coefficient (Wildman–Crippen LogP) is 5.19. The summed E-state index contributed by atoms with van der Waals surface area (Å²) < 4.78 is 0. The lowest BCUT2D eigenvalue weighted by atomic mass is 9.95. The molecule has 3 heterocycles.